The van der Waals surface area contributed by atoms with Crippen LogP contribution in [0.4, 0.5) is 0 Å². The third-order valence-corrected chi connectivity index (χ3v) is 1.15. The Kier molecular flexibility index (Phi) is 5.70. The molecule has 0 bridgehead atoms. The van der Waals surface area contributed by atoms with Crippen LogP contribution < -0.4 is 0 Å². The number of hydrogen-bond donors (Lipinski definition) is 0. The lowest BCUT2D eigenvalue weighted by atomic mass is 10.1. The summed E-state index contributed by atoms with van der Waals surface area (Å²) >= 11 is 0. The monoisotopic (exact) mass is 125 g/mol. The van der Waals surface area contributed by atoms with Crippen molar-refractivity contribution in [2.24, 2.45) is 5.92 Å². The summed E-state index contributed by atoms with van der Waals surface area (Å²) in [7, 11) is 0. The van der Waals surface area contributed by atoms with Crippen LogP contribution >= 0.6 is 0 Å². The zero-order valence-corrected chi connectivity index (χ0v) is 6.72. The highest BCUT2D eigenvalue weighted by Crippen LogP contribution is 2.02. The van der Waals surface area contributed by atoms with E-state index in [4.69, 9.17) is 0 Å². The molecule has 0 atom stereocenters. The zero-order valence-electron chi connectivity index (χ0n) is 6.72. The Balaban J connectivity index is 2.99. The lowest BCUT2D eigenvalue weighted by Crippen LogP contribution is -1.84. The van der Waals surface area contributed by atoms with E-state index in [-0.39, 0.29) is 0 Å². The number of rotatable bonds is 4. The molecule has 0 spiro atoms. The van der Waals surface area contributed by atoms with Crippen molar-refractivity contribution in [3.63, 3.8) is 0 Å². The summed E-state index contributed by atoms with van der Waals surface area (Å²) in [4.78, 5) is 0. The largest absolute Gasteiger partial charge is 0.0888 e. The SMILES string of the molecule is CC/C=C/C[CH]C(C)C. The summed E-state index contributed by atoms with van der Waals surface area (Å²) in [5.74, 6) is 0.728. The maximum absolute atomic E-state index is 2.31. The molecule has 0 aromatic rings. The van der Waals surface area contributed by atoms with Gasteiger partial charge in [0.1, 0.15) is 0 Å². The van der Waals surface area contributed by atoms with Crippen molar-refractivity contribution in [1.82, 2.24) is 0 Å². The fourth-order valence-corrected chi connectivity index (χ4v) is 0.614. The molecule has 0 amide bonds. The van der Waals surface area contributed by atoms with E-state index in [1.54, 1.807) is 0 Å². The summed E-state index contributed by atoms with van der Waals surface area (Å²) in [5, 5.41) is 0. The van der Waals surface area contributed by atoms with Gasteiger partial charge in [-0.2, -0.15) is 0 Å². The van der Waals surface area contributed by atoms with Gasteiger partial charge in [-0.1, -0.05) is 32.9 Å². The maximum Gasteiger partial charge on any atom is -0.0317 e. The highest BCUT2D eigenvalue weighted by molar-refractivity contribution is 4.86. The summed E-state index contributed by atoms with van der Waals surface area (Å²) < 4.78 is 0. The van der Waals surface area contributed by atoms with Crippen LogP contribution in [0.2, 0.25) is 0 Å². The lowest BCUT2D eigenvalue weighted by Gasteiger charge is -1.97. The first-order chi connectivity index (χ1) is 4.27. The number of allylic oxidation sites excluding steroid dienone is 2. The molecule has 0 unspecified atom stereocenters. The molecular weight excluding hydrogens is 108 g/mol. The molecule has 0 nitrogen and oxygen atoms in total. The fourth-order valence-electron chi connectivity index (χ4n) is 0.614. The standard InChI is InChI=1S/C9H17/c1-4-5-6-7-8-9(2)3/h5-6,8-9H,4,7H2,1-3H3/b6-5+. The first-order valence-electron chi connectivity index (χ1n) is 3.75. The average Bonchev–Trinajstić information content (AvgIpc) is 1.80. The van der Waals surface area contributed by atoms with E-state index in [9.17, 15) is 0 Å². The van der Waals surface area contributed by atoms with Gasteiger partial charge in [-0.05, 0) is 25.2 Å². The van der Waals surface area contributed by atoms with Gasteiger partial charge < -0.3 is 0 Å². The Labute approximate surface area is 59.0 Å². The predicted molar refractivity (Wildman–Crippen MR) is 43.2 cm³/mol. The fraction of sp³-hybridized carbons (Fsp3) is 0.667. The summed E-state index contributed by atoms with van der Waals surface area (Å²) in [6.45, 7) is 6.57. The third-order valence-electron chi connectivity index (χ3n) is 1.15. The molecule has 0 saturated heterocycles. The molecule has 0 saturated carbocycles. The van der Waals surface area contributed by atoms with E-state index < -0.39 is 0 Å². The van der Waals surface area contributed by atoms with Gasteiger partial charge in [0.25, 0.3) is 0 Å². The zero-order chi connectivity index (χ0) is 7.11. The van der Waals surface area contributed by atoms with Gasteiger partial charge in [0.15, 0.2) is 0 Å². The molecule has 0 aromatic carbocycles. The van der Waals surface area contributed by atoms with Crippen LogP contribution in [0.5, 0.6) is 0 Å². The maximum atomic E-state index is 2.31. The Hall–Kier alpha value is -0.260. The van der Waals surface area contributed by atoms with E-state index in [2.05, 4.69) is 39.3 Å². The van der Waals surface area contributed by atoms with Gasteiger partial charge in [0.05, 0.1) is 0 Å². The van der Waals surface area contributed by atoms with Gasteiger partial charge in [0.2, 0.25) is 0 Å². The highest BCUT2D eigenvalue weighted by atomic mass is 13.9. The molecule has 0 fully saturated rings. The first kappa shape index (κ1) is 8.74. The molecule has 0 aliphatic heterocycles. The van der Waals surface area contributed by atoms with E-state index in [0.29, 0.717) is 0 Å². The molecule has 53 valence electrons. The van der Waals surface area contributed by atoms with Crippen LogP contribution in [0.25, 0.3) is 0 Å². The minimum Gasteiger partial charge on any atom is -0.0888 e. The van der Waals surface area contributed by atoms with Crippen LogP contribution in [0, 0.1) is 12.3 Å². The van der Waals surface area contributed by atoms with E-state index >= 15 is 0 Å². The minimum absolute atomic E-state index is 0.728. The topological polar surface area (TPSA) is 0 Å². The third kappa shape index (κ3) is 7.74. The molecule has 0 heterocycles. The molecule has 9 heavy (non-hydrogen) atoms. The Bertz CT molecular complexity index is 70.1. The lowest BCUT2D eigenvalue weighted by molar-refractivity contribution is 0.738. The van der Waals surface area contributed by atoms with Crippen LogP contribution in [0.3, 0.4) is 0 Å². The van der Waals surface area contributed by atoms with Gasteiger partial charge in [0, 0.05) is 0 Å². The summed E-state index contributed by atoms with van der Waals surface area (Å²) in [5.41, 5.74) is 0. The molecule has 0 heteroatoms. The smallest absolute Gasteiger partial charge is 0.0317 e. The van der Waals surface area contributed by atoms with Crippen molar-refractivity contribution in [2.45, 2.75) is 33.6 Å². The molecular formula is C9H17. The van der Waals surface area contributed by atoms with E-state index in [0.717, 1.165) is 18.8 Å². The van der Waals surface area contributed by atoms with Crippen molar-refractivity contribution in [3.8, 4) is 0 Å². The quantitative estimate of drug-likeness (QED) is 0.506. The van der Waals surface area contributed by atoms with Crippen molar-refractivity contribution >= 4 is 0 Å². The molecule has 1 radical (unpaired) electrons. The number of hydrogen-bond acceptors (Lipinski definition) is 0. The van der Waals surface area contributed by atoms with E-state index in [1.807, 2.05) is 0 Å². The second kappa shape index (κ2) is 5.87. The Morgan fingerprint density at radius 1 is 1.22 bits per heavy atom. The van der Waals surface area contributed by atoms with Gasteiger partial charge in [-0.15, -0.1) is 0 Å². The predicted octanol–water partition coefficient (Wildman–Crippen LogP) is 3.20. The summed E-state index contributed by atoms with van der Waals surface area (Å²) in [6.07, 6.45) is 9.03. The van der Waals surface area contributed by atoms with Crippen LogP contribution in [-0.2, 0) is 0 Å². The highest BCUT2D eigenvalue weighted by Gasteiger charge is 1.88. The first-order valence-corrected chi connectivity index (χ1v) is 3.75. The molecule has 0 N–H and O–H groups in total. The van der Waals surface area contributed by atoms with E-state index in [1.165, 1.54) is 0 Å². The molecule has 0 aliphatic rings. The van der Waals surface area contributed by atoms with Gasteiger partial charge in [-0.3, -0.25) is 0 Å². The van der Waals surface area contributed by atoms with Crippen LogP contribution in [0.1, 0.15) is 33.6 Å². The van der Waals surface area contributed by atoms with Crippen LogP contribution in [0.15, 0.2) is 12.2 Å². The van der Waals surface area contributed by atoms with Crippen molar-refractivity contribution in [1.29, 1.82) is 0 Å². The molecule has 0 aromatic heterocycles. The summed E-state index contributed by atoms with van der Waals surface area (Å²) in [6, 6.07) is 0. The average molecular weight is 125 g/mol. The Morgan fingerprint density at radius 3 is 2.33 bits per heavy atom. The second-order valence-corrected chi connectivity index (χ2v) is 2.60. The van der Waals surface area contributed by atoms with Gasteiger partial charge >= 0.3 is 0 Å². The molecule has 0 aliphatic carbocycles. The van der Waals surface area contributed by atoms with Crippen LogP contribution in [-0.4, -0.2) is 0 Å². The second-order valence-electron chi connectivity index (χ2n) is 2.60. The minimum atomic E-state index is 0.728. The van der Waals surface area contributed by atoms with Gasteiger partial charge in [-0.25, -0.2) is 0 Å². The van der Waals surface area contributed by atoms with Crippen molar-refractivity contribution < 1.29 is 0 Å². The molecule has 0 rings (SSSR count). The Morgan fingerprint density at radius 2 is 1.89 bits per heavy atom. The van der Waals surface area contributed by atoms with Crippen molar-refractivity contribution in [3.05, 3.63) is 18.6 Å². The normalized spacial score (nSPS) is 11.6. The van der Waals surface area contributed by atoms with Crippen molar-refractivity contribution in [2.75, 3.05) is 0 Å².